The zero-order chi connectivity index (χ0) is 9.30. The molecule has 0 aliphatic heterocycles. The quantitative estimate of drug-likeness (QED) is 0.330. The fourth-order valence-corrected chi connectivity index (χ4v) is 0.694. The molecule has 12 heavy (non-hydrogen) atoms. The Morgan fingerprint density at radius 3 is 2.67 bits per heavy atom. The summed E-state index contributed by atoms with van der Waals surface area (Å²) in [6.07, 6.45) is 0. The topological polar surface area (TPSA) is 112 Å². The smallest absolute Gasteiger partial charge is 0.495 e. The Balaban J connectivity index is 3.42. The predicted molar refractivity (Wildman–Crippen MR) is 34.1 cm³/mol. The van der Waals surface area contributed by atoms with E-state index < -0.39 is 22.3 Å². The van der Waals surface area contributed by atoms with Crippen LogP contribution in [-0.2, 0) is 7.05 Å². The molecule has 0 N–H and O–H groups in total. The van der Waals surface area contributed by atoms with E-state index in [1.807, 2.05) is 0 Å². The molecule has 0 unspecified atom stereocenters. The van der Waals surface area contributed by atoms with Crippen LogP contribution >= 0.6 is 0 Å². The molecule has 8 nitrogen and oxygen atoms in total. The number of rotatable bonds is 1. The van der Waals surface area contributed by atoms with Crippen molar-refractivity contribution < 1.29 is 10.0 Å². The van der Waals surface area contributed by atoms with E-state index in [9.17, 15) is 15.2 Å². The molecule has 0 aliphatic rings. The van der Waals surface area contributed by atoms with Crippen molar-refractivity contribution in [3.05, 3.63) is 15.1 Å². The summed E-state index contributed by atoms with van der Waals surface area (Å²) >= 11 is 0. The maximum absolute atomic E-state index is 10.9. The Bertz CT molecular complexity index is 375. The van der Waals surface area contributed by atoms with E-state index in [-0.39, 0.29) is 0 Å². The van der Waals surface area contributed by atoms with Gasteiger partial charge in [-0.05, 0) is 4.92 Å². The first-order valence-corrected chi connectivity index (χ1v) is 2.81. The molecule has 1 heterocycles. The lowest BCUT2D eigenvalue weighted by molar-refractivity contribution is -0.388. The minimum atomic E-state index is -0.892. The standard InChI is InChI=1S/C4H3N5O3/c1-8-4(10)2(6-5)3(7-8)9(11)12/h1H3. The van der Waals surface area contributed by atoms with Crippen molar-refractivity contribution in [1.82, 2.24) is 9.78 Å². The van der Waals surface area contributed by atoms with Crippen LogP contribution in [0.2, 0.25) is 0 Å². The van der Waals surface area contributed by atoms with E-state index in [1.165, 1.54) is 7.05 Å². The molecule has 62 valence electrons. The van der Waals surface area contributed by atoms with Gasteiger partial charge in [0.05, 0.1) is 12.1 Å². The number of hydrogen-bond donors (Lipinski definition) is 0. The Morgan fingerprint density at radius 1 is 1.75 bits per heavy atom. The molecule has 0 atom stereocenters. The molecule has 1 aromatic heterocycles. The van der Waals surface area contributed by atoms with Crippen LogP contribution < -0.4 is 5.11 Å². The van der Waals surface area contributed by atoms with E-state index >= 15 is 0 Å². The number of aryl methyl sites for hydroxylation is 1. The van der Waals surface area contributed by atoms with Crippen LogP contribution in [0.25, 0.3) is 4.98 Å². The van der Waals surface area contributed by atoms with Gasteiger partial charge >= 0.3 is 11.5 Å². The summed E-state index contributed by atoms with van der Waals surface area (Å²) in [5, 5.41) is 32.5. The van der Waals surface area contributed by atoms with Gasteiger partial charge in [-0.2, -0.15) is 4.68 Å². The van der Waals surface area contributed by atoms with Gasteiger partial charge in [0.1, 0.15) is 5.88 Å². The number of nitro groups is 1. The maximum Gasteiger partial charge on any atom is 0.495 e. The molecule has 0 aliphatic carbocycles. The van der Waals surface area contributed by atoms with Crippen molar-refractivity contribution in [2.24, 2.45) is 7.05 Å². The molecule has 1 aromatic rings. The van der Waals surface area contributed by atoms with Gasteiger partial charge in [-0.3, -0.25) is 0 Å². The molecule has 0 bridgehead atoms. The fourth-order valence-electron chi connectivity index (χ4n) is 0.694. The van der Waals surface area contributed by atoms with E-state index in [0.717, 1.165) is 4.68 Å². The summed E-state index contributed by atoms with van der Waals surface area (Å²) in [4.78, 5) is 11.7. The van der Waals surface area contributed by atoms with Gasteiger partial charge in [0, 0.05) is 0 Å². The maximum atomic E-state index is 10.9. The Labute approximate surface area is 65.8 Å². The molecule has 0 fully saturated rings. The molecule has 8 heteroatoms. The Hall–Kier alpha value is -2.17. The average Bonchev–Trinajstić information content (AvgIpc) is 2.29. The van der Waals surface area contributed by atoms with Crippen LogP contribution in [0.5, 0.6) is 5.88 Å². The lowest BCUT2D eigenvalue weighted by atomic mass is 10.5. The minimum absolute atomic E-state index is 0.650. The van der Waals surface area contributed by atoms with Gasteiger partial charge in [0.2, 0.25) is 5.39 Å². The third-order valence-corrected chi connectivity index (χ3v) is 1.23. The molecule has 0 saturated heterocycles. The van der Waals surface area contributed by atoms with Crippen molar-refractivity contribution in [2.75, 3.05) is 0 Å². The molecule has 0 amide bonds. The first-order chi connectivity index (χ1) is 5.57. The monoisotopic (exact) mass is 169 g/mol. The van der Waals surface area contributed by atoms with Crippen molar-refractivity contribution in [3.8, 4) is 5.88 Å². The second kappa shape index (κ2) is 2.46. The summed E-state index contributed by atoms with van der Waals surface area (Å²) in [5.74, 6) is -1.55. The van der Waals surface area contributed by atoms with Crippen LogP contribution in [0.3, 0.4) is 0 Å². The minimum Gasteiger partial charge on any atom is -0.852 e. The molecule has 1 rings (SSSR count). The van der Waals surface area contributed by atoms with Crippen LogP contribution in [-0.4, -0.2) is 14.7 Å². The van der Waals surface area contributed by atoms with Crippen molar-refractivity contribution in [2.45, 2.75) is 0 Å². The highest BCUT2D eigenvalue weighted by Crippen LogP contribution is 2.32. The highest BCUT2D eigenvalue weighted by atomic mass is 16.6. The Morgan fingerprint density at radius 2 is 2.33 bits per heavy atom. The predicted octanol–water partition coefficient (Wildman–Crippen LogP) is -0.114. The average molecular weight is 169 g/mol. The molecular weight excluding hydrogens is 166 g/mol. The van der Waals surface area contributed by atoms with Gasteiger partial charge in [-0.25, -0.2) is 0 Å². The first kappa shape index (κ1) is 7.93. The SMILES string of the molecule is Cn1nc([N+](=O)[O-])c([N+]#N)c1[O-]. The van der Waals surface area contributed by atoms with Crippen LogP contribution in [0.1, 0.15) is 0 Å². The highest BCUT2D eigenvalue weighted by Gasteiger charge is 2.32. The second-order valence-electron chi connectivity index (χ2n) is 1.96. The van der Waals surface area contributed by atoms with E-state index in [4.69, 9.17) is 5.39 Å². The van der Waals surface area contributed by atoms with E-state index in [1.54, 1.807) is 0 Å². The van der Waals surface area contributed by atoms with Gasteiger partial charge in [-0.1, -0.05) is 0 Å². The largest absolute Gasteiger partial charge is 0.852 e. The summed E-state index contributed by atoms with van der Waals surface area (Å²) in [7, 11) is 1.23. The summed E-state index contributed by atoms with van der Waals surface area (Å²) < 4.78 is 0.729. The van der Waals surface area contributed by atoms with Crippen molar-refractivity contribution in [1.29, 1.82) is 5.39 Å². The number of diazo groups is 1. The fraction of sp³-hybridized carbons (Fsp3) is 0.250. The molecular formula is C4H3N5O3. The van der Waals surface area contributed by atoms with Gasteiger partial charge < -0.3 is 15.2 Å². The van der Waals surface area contributed by atoms with Crippen molar-refractivity contribution in [3.63, 3.8) is 0 Å². The van der Waals surface area contributed by atoms with Gasteiger partial charge in [-0.15, -0.1) is 0 Å². The summed E-state index contributed by atoms with van der Waals surface area (Å²) in [6.45, 7) is 0. The number of nitrogens with zero attached hydrogens (tertiary/aromatic N) is 5. The van der Waals surface area contributed by atoms with Gasteiger partial charge in [0.25, 0.3) is 0 Å². The third-order valence-electron chi connectivity index (χ3n) is 1.23. The molecule has 0 spiro atoms. The van der Waals surface area contributed by atoms with Crippen molar-refractivity contribution >= 4 is 11.5 Å². The zero-order valence-corrected chi connectivity index (χ0v) is 5.96. The van der Waals surface area contributed by atoms with Gasteiger partial charge in [0.15, 0.2) is 4.98 Å². The van der Waals surface area contributed by atoms with Crippen LogP contribution in [0.15, 0.2) is 0 Å². The normalized spacial score (nSPS) is 9.33. The molecule has 0 aromatic carbocycles. The van der Waals surface area contributed by atoms with E-state index in [2.05, 4.69) is 10.1 Å². The zero-order valence-electron chi connectivity index (χ0n) is 5.96. The summed E-state index contributed by atoms with van der Waals surface area (Å²) in [6, 6.07) is 0. The van der Waals surface area contributed by atoms with Crippen LogP contribution in [0, 0.1) is 15.5 Å². The van der Waals surface area contributed by atoms with Crippen LogP contribution in [0.4, 0.5) is 11.5 Å². The number of hydrogen-bond acceptors (Lipinski definition) is 5. The Kier molecular flexibility index (Phi) is 1.63. The lowest BCUT2D eigenvalue weighted by Crippen LogP contribution is -1.99. The highest BCUT2D eigenvalue weighted by molar-refractivity contribution is 5.64. The second-order valence-corrected chi connectivity index (χ2v) is 1.96. The number of aromatic nitrogens is 2. The molecule has 0 radical (unpaired) electrons. The molecule has 0 saturated carbocycles. The first-order valence-electron chi connectivity index (χ1n) is 2.81. The lowest BCUT2D eigenvalue weighted by Gasteiger charge is -1.92. The third kappa shape index (κ3) is 0.929. The summed E-state index contributed by atoms with van der Waals surface area (Å²) in [5.41, 5.74) is -0.650. The van der Waals surface area contributed by atoms with E-state index in [0.29, 0.717) is 0 Å².